The Morgan fingerprint density at radius 2 is 2.40 bits per heavy atom. The van der Waals surface area contributed by atoms with E-state index < -0.39 is 24.4 Å². The van der Waals surface area contributed by atoms with Crippen LogP contribution in [0.2, 0.25) is 0 Å². The molecule has 1 saturated heterocycles. The summed E-state index contributed by atoms with van der Waals surface area (Å²) in [7, 11) is 0. The maximum absolute atomic E-state index is 12.7. The average molecular weight is 223 g/mol. The molecule has 0 bridgehead atoms. The van der Waals surface area contributed by atoms with Gasteiger partial charge in [-0.1, -0.05) is 0 Å². The molecule has 0 aromatic rings. The number of alkyl halides is 2. The summed E-state index contributed by atoms with van der Waals surface area (Å²) in [4.78, 5) is 10.6. The third-order valence-corrected chi connectivity index (χ3v) is 2.06. The van der Waals surface area contributed by atoms with Crippen molar-refractivity contribution in [1.82, 2.24) is 5.32 Å². The Morgan fingerprint density at radius 1 is 1.67 bits per heavy atom. The lowest BCUT2D eigenvalue weighted by Gasteiger charge is -2.09. The number of hydrogen-bond donors (Lipinski definition) is 1. The largest absolute Gasteiger partial charge is 0.456 e. The molecule has 0 aliphatic carbocycles. The van der Waals surface area contributed by atoms with E-state index in [2.05, 4.69) is 10.1 Å². The summed E-state index contributed by atoms with van der Waals surface area (Å²) < 4.78 is 34.9. The van der Waals surface area contributed by atoms with Crippen LogP contribution in [0.15, 0.2) is 0 Å². The van der Waals surface area contributed by atoms with Gasteiger partial charge in [-0.25, -0.2) is 4.79 Å². The molecule has 6 heteroatoms. The molecule has 88 valence electrons. The van der Waals surface area contributed by atoms with Gasteiger partial charge in [0.1, 0.15) is 6.10 Å². The van der Waals surface area contributed by atoms with E-state index in [0.717, 1.165) is 0 Å². The lowest BCUT2D eigenvalue weighted by Crippen LogP contribution is -2.29. The molecule has 1 aliphatic rings. The summed E-state index contributed by atoms with van der Waals surface area (Å²) in [6.45, 7) is 3.83. The van der Waals surface area contributed by atoms with E-state index in [1.54, 1.807) is 0 Å². The van der Waals surface area contributed by atoms with E-state index in [4.69, 9.17) is 4.74 Å². The van der Waals surface area contributed by atoms with Gasteiger partial charge in [-0.2, -0.15) is 8.78 Å². The lowest BCUT2D eigenvalue weighted by atomic mass is 10.2. The second kappa shape index (κ2) is 5.37. The number of cyclic esters (lactones) is 1. The van der Waals surface area contributed by atoms with Crippen LogP contribution in [0.25, 0.3) is 0 Å². The van der Waals surface area contributed by atoms with Crippen LogP contribution in [0, 0.1) is 0 Å². The molecule has 1 N–H and O–H groups in total. The Kier molecular flexibility index (Phi) is 4.41. The van der Waals surface area contributed by atoms with Gasteiger partial charge in [-0.15, -0.1) is 0 Å². The van der Waals surface area contributed by atoms with E-state index in [9.17, 15) is 13.6 Å². The first-order valence-corrected chi connectivity index (χ1v) is 4.93. The monoisotopic (exact) mass is 223 g/mol. The van der Waals surface area contributed by atoms with Crippen LogP contribution >= 0.6 is 0 Å². The maximum atomic E-state index is 12.7. The Balaban J connectivity index is 2.11. The van der Waals surface area contributed by atoms with E-state index in [1.165, 1.54) is 0 Å². The minimum Gasteiger partial charge on any atom is -0.456 e. The SMILES string of the molecule is CCOCCNCC1CC(F)(F)C(=O)O1. The molecular weight excluding hydrogens is 208 g/mol. The second-order valence-electron chi connectivity index (χ2n) is 3.34. The minimum absolute atomic E-state index is 0.244. The van der Waals surface area contributed by atoms with Crippen LogP contribution in [-0.2, 0) is 14.3 Å². The second-order valence-corrected chi connectivity index (χ2v) is 3.34. The molecule has 1 fully saturated rings. The highest BCUT2D eigenvalue weighted by molar-refractivity contribution is 5.79. The van der Waals surface area contributed by atoms with Crippen molar-refractivity contribution < 1.29 is 23.0 Å². The van der Waals surface area contributed by atoms with E-state index in [1.807, 2.05) is 6.92 Å². The van der Waals surface area contributed by atoms with Crippen molar-refractivity contribution >= 4 is 5.97 Å². The van der Waals surface area contributed by atoms with Crippen LogP contribution in [0.3, 0.4) is 0 Å². The van der Waals surface area contributed by atoms with Gasteiger partial charge in [0, 0.05) is 19.7 Å². The predicted molar refractivity (Wildman–Crippen MR) is 48.8 cm³/mol. The molecule has 0 radical (unpaired) electrons. The highest BCUT2D eigenvalue weighted by atomic mass is 19.3. The first-order chi connectivity index (χ1) is 7.06. The van der Waals surface area contributed by atoms with Gasteiger partial charge in [0.15, 0.2) is 0 Å². The zero-order valence-electron chi connectivity index (χ0n) is 8.59. The van der Waals surface area contributed by atoms with Crippen LogP contribution in [0.5, 0.6) is 0 Å². The predicted octanol–water partition coefficient (Wildman–Crippen LogP) is 0.563. The average Bonchev–Trinajstić information content (AvgIpc) is 2.40. The molecule has 4 nitrogen and oxygen atoms in total. The molecule has 0 amide bonds. The summed E-state index contributed by atoms with van der Waals surface area (Å²) in [5.41, 5.74) is 0. The van der Waals surface area contributed by atoms with Crippen molar-refractivity contribution in [1.29, 1.82) is 0 Å². The fourth-order valence-electron chi connectivity index (χ4n) is 1.31. The molecule has 1 atom stereocenters. The van der Waals surface area contributed by atoms with E-state index >= 15 is 0 Å². The number of carbonyl (C=O) groups excluding carboxylic acids is 1. The van der Waals surface area contributed by atoms with Gasteiger partial charge in [0.25, 0.3) is 0 Å². The van der Waals surface area contributed by atoms with Crippen LogP contribution in [-0.4, -0.2) is 44.3 Å². The van der Waals surface area contributed by atoms with Crippen molar-refractivity contribution in [2.24, 2.45) is 0 Å². The smallest absolute Gasteiger partial charge is 0.377 e. The summed E-state index contributed by atoms with van der Waals surface area (Å²) >= 11 is 0. The normalized spacial score (nSPS) is 24.2. The molecule has 0 aromatic carbocycles. The molecule has 1 rings (SSSR count). The van der Waals surface area contributed by atoms with Gasteiger partial charge < -0.3 is 14.8 Å². The summed E-state index contributed by atoms with van der Waals surface area (Å²) in [5.74, 6) is -4.73. The summed E-state index contributed by atoms with van der Waals surface area (Å²) in [6, 6.07) is 0. The van der Waals surface area contributed by atoms with E-state index in [-0.39, 0.29) is 6.54 Å². The Labute approximate surface area is 86.9 Å². The highest BCUT2D eigenvalue weighted by Crippen LogP contribution is 2.30. The fourth-order valence-corrected chi connectivity index (χ4v) is 1.31. The van der Waals surface area contributed by atoms with Crippen LogP contribution < -0.4 is 5.32 Å². The first-order valence-electron chi connectivity index (χ1n) is 4.93. The number of rotatable bonds is 6. The highest BCUT2D eigenvalue weighted by Gasteiger charge is 2.50. The molecular formula is C9H15F2NO3. The van der Waals surface area contributed by atoms with Crippen LogP contribution in [0.1, 0.15) is 13.3 Å². The number of nitrogens with one attached hydrogen (secondary N) is 1. The van der Waals surface area contributed by atoms with Crippen molar-refractivity contribution in [3.8, 4) is 0 Å². The molecule has 1 heterocycles. The fraction of sp³-hybridized carbons (Fsp3) is 0.889. The van der Waals surface area contributed by atoms with Gasteiger partial charge in [0.05, 0.1) is 13.0 Å². The zero-order chi connectivity index (χ0) is 11.3. The third kappa shape index (κ3) is 3.71. The first kappa shape index (κ1) is 12.3. The Hall–Kier alpha value is -0.750. The topological polar surface area (TPSA) is 47.6 Å². The van der Waals surface area contributed by atoms with Crippen molar-refractivity contribution in [3.05, 3.63) is 0 Å². The molecule has 1 aliphatic heterocycles. The Morgan fingerprint density at radius 3 is 2.93 bits per heavy atom. The number of carbonyl (C=O) groups is 1. The van der Waals surface area contributed by atoms with Gasteiger partial charge in [-0.05, 0) is 6.92 Å². The van der Waals surface area contributed by atoms with Crippen molar-refractivity contribution in [3.63, 3.8) is 0 Å². The molecule has 15 heavy (non-hydrogen) atoms. The third-order valence-electron chi connectivity index (χ3n) is 2.06. The zero-order valence-corrected chi connectivity index (χ0v) is 8.59. The maximum Gasteiger partial charge on any atom is 0.377 e. The number of ether oxygens (including phenoxy) is 2. The quantitative estimate of drug-likeness (QED) is 0.528. The van der Waals surface area contributed by atoms with Crippen molar-refractivity contribution in [2.75, 3.05) is 26.3 Å². The Bertz CT molecular complexity index is 223. The van der Waals surface area contributed by atoms with Crippen LogP contribution in [0.4, 0.5) is 8.78 Å². The van der Waals surface area contributed by atoms with E-state index in [0.29, 0.717) is 19.8 Å². The molecule has 1 unspecified atom stereocenters. The number of halogens is 2. The summed E-state index contributed by atoms with van der Waals surface area (Å²) in [5, 5.41) is 2.88. The minimum atomic E-state index is -3.31. The number of hydrogen-bond acceptors (Lipinski definition) is 4. The van der Waals surface area contributed by atoms with Gasteiger partial charge >= 0.3 is 11.9 Å². The molecule has 0 saturated carbocycles. The van der Waals surface area contributed by atoms with Crippen molar-refractivity contribution in [2.45, 2.75) is 25.4 Å². The molecule has 0 aromatic heterocycles. The molecule has 0 spiro atoms. The number of esters is 1. The lowest BCUT2D eigenvalue weighted by molar-refractivity contribution is -0.159. The standard InChI is InChI=1S/C9H15F2NO3/c1-2-14-4-3-12-6-7-5-9(10,11)8(13)15-7/h7,12H,2-6H2,1H3. The van der Waals surface area contributed by atoms with Gasteiger partial charge in [-0.3, -0.25) is 0 Å². The summed E-state index contributed by atoms with van der Waals surface area (Å²) in [6.07, 6.45) is -1.26. The van der Waals surface area contributed by atoms with Gasteiger partial charge in [0.2, 0.25) is 0 Å².